The van der Waals surface area contributed by atoms with Gasteiger partial charge in [-0.3, -0.25) is 9.98 Å². The first-order valence-corrected chi connectivity index (χ1v) is 9.01. The zero-order chi connectivity index (χ0) is 18.4. The Morgan fingerprint density at radius 1 is 1.04 bits per heavy atom. The molecule has 1 heterocycles. The highest BCUT2D eigenvalue weighted by Gasteiger charge is 2.07. The molecule has 0 aliphatic rings. The molecule has 0 saturated heterocycles. The summed E-state index contributed by atoms with van der Waals surface area (Å²) >= 11 is 0. The molecule has 27 heavy (non-hydrogen) atoms. The normalized spacial score (nSPS) is 12.3. The topological polar surface area (TPSA) is 49.3 Å². The van der Waals surface area contributed by atoms with E-state index >= 15 is 0 Å². The summed E-state index contributed by atoms with van der Waals surface area (Å²) in [6.07, 6.45) is 1.86. The molecule has 0 aliphatic heterocycles. The zero-order valence-electron chi connectivity index (χ0n) is 16.1. The van der Waals surface area contributed by atoms with Crippen LogP contribution in [-0.2, 0) is 6.54 Å². The molecule has 0 amide bonds. The number of benzene rings is 2. The maximum absolute atomic E-state index is 4.41. The second kappa shape index (κ2) is 10.3. The molecule has 5 heteroatoms. The number of para-hydroxylation sites is 1. The van der Waals surface area contributed by atoms with Crippen LogP contribution < -0.4 is 10.6 Å². The lowest BCUT2D eigenvalue weighted by molar-refractivity contribution is 0.699. The quantitative estimate of drug-likeness (QED) is 0.322. The number of nitrogens with one attached hydrogen (secondary N) is 2. The van der Waals surface area contributed by atoms with Gasteiger partial charge < -0.3 is 10.6 Å². The monoisotopic (exact) mass is 474 g/mol. The number of pyridine rings is 1. The van der Waals surface area contributed by atoms with E-state index in [1.54, 1.807) is 7.05 Å². The molecule has 142 valence electrons. The van der Waals surface area contributed by atoms with E-state index in [-0.39, 0.29) is 24.0 Å². The third-order valence-electron chi connectivity index (χ3n) is 4.63. The van der Waals surface area contributed by atoms with Crippen LogP contribution in [0.4, 0.5) is 0 Å². The van der Waals surface area contributed by atoms with E-state index in [1.807, 2.05) is 24.4 Å². The first-order chi connectivity index (χ1) is 12.7. The van der Waals surface area contributed by atoms with Crippen LogP contribution in [-0.4, -0.2) is 24.5 Å². The number of aromatic nitrogens is 1. The van der Waals surface area contributed by atoms with E-state index in [2.05, 4.69) is 70.9 Å². The molecule has 3 rings (SSSR count). The fourth-order valence-electron chi connectivity index (χ4n) is 2.97. The Labute approximate surface area is 178 Å². The Bertz CT molecular complexity index is 885. The molecule has 4 nitrogen and oxygen atoms in total. The molecule has 3 aromatic rings. The highest BCUT2D eigenvalue weighted by molar-refractivity contribution is 14.0. The minimum absolute atomic E-state index is 0. The van der Waals surface area contributed by atoms with Crippen molar-refractivity contribution in [3.8, 4) is 0 Å². The van der Waals surface area contributed by atoms with Gasteiger partial charge in [0, 0.05) is 31.7 Å². The number of fused-ring (bicyclic) bond motifs is 1. The Morgan fingerprint density at radius 2 is 1.78 bits per heavy atom. The highest BCUT2D eigenvalue weighted by Crippen LogP contribution is 2.16. The van der Waals surface area contributed by atoms with Crippen molar-refractivity contribution in [2.24, 2.45) is 4.99 Å². The first-order valence-electron chi connectivity index (χ1n) is 9.01. The average molecular weight is 474 g/mol. The highest BCUT2D eigenvalue weighted by atomic mass is 127. The van der Waals surface area contributed by atoms with Gasteiger partial charge in [0.05, 0.1) is 5.52 Å². The van der Waals surface area contributed by atoms with E-state index in [0.717, 1.165) is 18.0 Å². The maximum atomic E-state index is 4.41. The van der Waals surface area contributed by atoms with E-state index < -0.39 is 0 Å². The molecule has 2 aromatic carbocycles. The predicted molar refractivity (Wildman–Crippen MR) is 125 cm³/mol. The summed E-state index contributed by atoms with van der Waals surface area (Å²) in [5.41, 5.74) is 4.85. The smallest absolute Gasteiger partial charge is 0.191 e. The number of nitrogens with zero attached hydrogens (tertiary/aromatic N) is 2. The lowest BCUT2D eigenvalue weighted by Gasteiger charge is -2.17. The van der Waals surface area contributed by atoms with E-state index in [9.17, 15) is 0 Å². The summed E-state index contributed by atoms with van der Waals surface area (Å²) in [5, 5.41) is 8.00. The zero-order valence-corrected chi connectivity index (χ0v) is 18.4. The summed E-state index contributed by atoms with van der Waals surface area (Å²) in [5.74, 6) is 1.22. The van der Waals surface area contributed by atoms with E-state index in [0.29, 0.717) is 12.5 Å². The van der Waals surface area contributed by atoms with Crippen molar-refractivity contribution in [3.05, 3.63) is 77.5 Å². The number of hydrogen-bond donors (Lipinski definition) is 2. The Morgan fingerprint density at radius 3 is 2.52 bits per heavy atom. The van der Waals surface area contributed by atoms with Crippen molar-refractivity contribution >= 4 is 40.8 Å². The van der Waals surface area contributed by atoms with Crippen molar-refractivity contribution in [2.75, 3.05) is 13.6 Å². The Balaban J connectivity index is 0.00000261. The van der Waals surface area contributed by atoms with Crippen molar-refractivity contribution in [1.29, 1.82) is 0 Å². The summed E-state index contributed by atoms with van der Waals surface area (Å²) in [6, 6.07) is 19.0. The van der Waals surface area contributed by atoms with Crippen molar-refractivity contribution in [2.45, 2.75) is 26.3 Å². The van der Waals surface area contributed by atoms with Gasteiger partial charge in [-0.15, -0.1) is 24.0 Å². The fraction of sp³-hybridized carbons (Fsp3) is 0.273. The van der Waals surface area contributed by atoms with Gasteiger partial charge in [0.2, 0.25) is 0 Å². The third-order valence-corrected chi connectivity index (χ3v) is 4.63. The third kappa shape index (κ3) is 5.66. The lowest BCUT2D eigenvalue weighted by atomic mass is 10.0. The number of rotatable bonds is 5. The molecule has 0 bridgehead atoms. The Hall–Kier alpha value is -2.15. The molecule has 0 saturated carbocycles. The lowest BCUT2D eigenvalue weighted by Crippen LogP contribution is -2.38. The van der Waals surface area contributed by atoms with Crippen LogP contribution in [0.25, 0.3) is 10.9 Å². The van der Waals surface area contributed by atoms with Crippen LogP contribution in [0, 0.1) is 6.92 Å². The van der Waals surface area contributed by atoms with Gasteiger partial charge in [0.1, 0.15) is 0 Å². The van der Waals surface area contributed by atoms with E-state index in [1.165, 1.54) is 22.1 Å². The molecule has 0 aliphatic carbocycles. The van der Waals surface area contributed by atoms with Crippen LogP contribution in [0.2, 0.25) is 0 Å². The Kier molecular flexibility index (Phi) is 8.03. The summed E-state index contributed by atoms with van der Waals surface area (Å²) < 4.78 is 0. The summed E-state index contributed by atoms with van der Waals surface area (Å²) in [4.78, 5) is 8.76. The van der Waals surface area contributed by atoms with Gasteiger partial charge in [-0.1, -0.05) is 55.0 Å². The van der Waals surface area contributed by atoms with Crippen LogP contribution in [0.1, 0.15) is 29.5 Å². The average Bonchev–Trinajstić information content (AvgIpc) is 2.68. The van der Waals surface area contributed by atoms with Crippen LogP contribution in [0.15, 0.2) is 65.8 Å². The van der Waals surface area contributed by atoms with Crippen molar-refractivity contribution < 1.29 is 0 Å². The predicted octanol–water partition coefficient (Wildman–Crippen LogP) is 4.63. The summed E-state index contributed by atoms with van der Waals surface area (Å²) in [7, 11) is 1.80. The van der Waals surface area contributed by atoms with Gasteiger partial charge in [-0.2, -0.15) is 0 Å². The van der Waals surface area contributed by atoms with E-state index in [4.69, 9.17) is 0 Å². The molecule has 0 radical (unpaired) electrons. The van der Waals surface area contributed by atoms with Gasteiger partial charge in [-0.25, -0.2) is 0 Å². The number of aryl methyl sites for hydroxylation is 1. The first kappa shape index (κ1) is 21.2. The molecule has 0 spiro atoms. The number of hydrogen-bond acceptors (Lipinski definition) is 2. The second-order valence-corrected chi connectivity index (χ2v) is 6.61. The van der Waals surface area contributed by atoms with Gasteiger partial charge >= 0.3 is 0 Å². The second-order valence-electron chi connectivity index (χ2n) is 6.61. The van der Waals surface area contributed by atoms with Crippen LogP contribution >= 0.6 is 24.0 Å². The van der Waals surface area contributed by atoms with Gasteiger partial charge in [-0.05, 0) is 36.1 Å². The van der Waals surface area contributed by atoms with Gasteiger partial charge in [0.25, 0.3) is 0 Å². The van der Waals surface area contributed by atoms with Crippen LogP contribution in [0.3, 0.4) is 0 Å². The minimum Gasteiger partial charge on any atom is -0.356 e. The molecule has 0 fully saturated rings. The standard InChI is InChI=1S/C22H26N4.HI/c1-16-8-10-18(11-9-16)17(2)14-25-22(23-3)26-15-19-12-13-24-21-7-5-4-6-20(19)21;/h4-13,17H,14-15H2,1-3H3,(H2,23,25,26);1H. The number of guanidine groups is 1. The molecule has 1 atom stereocenters. The molecule has 2 N–H and O–H groups in total. The molecule has 1 unspecified atom stereocenters. The van der Waals surface area contributed by atoms with Crippen LogP contribution in [0.5, 0.6) is 0 Å². The van der Waals surface area contributed by atoms with Crippen molar-refractivity contribution in [1.82, 2.24) is 15.6 Å². The van der Waals surface area contributed by atoms with Crippen molar-refractivity contribution in [3.63, 3.8) is 0 Å². The summed E-state index contributed by atoms with van der Waals surface area (Å²) in [6.45, 7) is 5.88. The number of aliphatic imine (C=N–C) groups is 1. The largest absolute Gasteiger partial charge is 0.356 e. The molecule has 1 aromatic heterocycles. The minimum atomic E-state index is 0. The molecular weight excluding hydrogens is 447 g/mol. The SMILES string of the molecule is CN=C(NCc1ccnc2ccccc12)NCC(C)c1ccc(C)cc1.I. The molecular formula is C22H27IN4. The number of halogens is 1. The maximum Gasteiger partial charge on any atom is 0.191 e. The fourth-order valence-corrected chi connectivity index (χ4v) is 2.97. The van der Waals surface area contributed by atoms with Gasteiger partial charge in [0.15, 0.2) is 5.96 Å².